The Kier molecular flexibility index (Phi) is 5.14. The highest BCUT2D eigenvalue weighted by molar-refractivity contribution is 5.90. The molecule has 0 aromatic carbocycles. The number of amides is 1. The minimum absolute atomic E-state index is 0.204. The summed E-state index contributed by atoms with van der Waals surface area (Å²) < 4.78 is 0. The zero-order valence-corrected chi connectivity index (χ0v) is 11.3. The number of nitrogens with zero attached hydrogens (tertiary/aromatic N) is 1. The lowest BCUT2D eigenvalue weighted by Crippen LogP contribution is -2.57. The molecular weight excluding hydrogens is 232 g/mol. The summed E-state index contributed by atoms with van der Waals surface area (Å²) in [6.45, 7) is 4.42. The van der Waals surface area contributed by atoms with Crippen LogP contribution in [0.5, 0.6) is 0 Å². The number of likely N-dealkylation sites (tertiary alicyclic amines) is 1. The average molecular weight is 256 g/mol. The molecule has 1 aliphatic heterocycles. The van der Waals surface area contributed by atoms with Crippen LogP contribution < -0.4 is 5.73 Å². The number of carboxylic acid groups (broad SMARTS) is 1. The van der Waals surface area contributed by atoms with Crippen molar-refractivity contribution in [2.75, 3.05) is 6.54 Å². The fourth-order valence-electron chi connectivity index (χ4n) is 2.84. The summed E-state index contributed by atoms with van der Waals surface area (Å²) in [5.41, 5.74) is 4.82. The predicted octanol–water partition coefficient (Wildman–Crippen LogP) is 1.36. The maximum atomic E-state index is 12.3. The lowest BCUT2D eigenvalue weighted by atomic mass is 9.90. The molecule has 1 heterocycles. The molecule has 0 aromatic rings. The number of aliphatic carboxylic acids is 1. The summed E-state index contributed by atoms with van der Waals surface area (Å²) in [6, 6.07) is -0.566. The van der Waals surface area contributed by atoms with E-state index in [-0.39, 0.29) is 5.91 Å². The number of nitrogens with two attached hydrogens (primary N) is 1. The van der Waals surface area contributed by atoms with Crippen molar-refractivity contribution in [3.8, 4) is 0 Å². The van der Waals surface area contributed by atoms with Gasteiger partial charge in [0.05, 0.1) is 6.04 Å². The zero-order chi connectivity index (χ0) is 13.8. The fourth-order valence-corrected chi connectivity index (χ4v) is 2.84. The number of carbonyl (C=O) groups is 2. The molecule has 5 heteroatoms. The van der Waals surface area contributed by atoms with E-state index >= 15 is 0 Å². The number of carboxylic acids is 1. The smallest absolute Gasteiger partial charge is 0.329 e. The van der Waals surface area contributed by atoms with Gasteiger partial charge in [0.1, 0.15) is 5.54 Å². The van der Waals surface area contributed by atoms with E-state index in [9.17, 15) is 14.7 Å². The Morgan fingerprint density at radius 1 is 1.39 bits per heavy atom. The van der Waals surface area contributed by atoms with Gasteiger partial charge < -0.3 is 15.7 Å². The second-order valence-electron chi connectivity index (χ2n) is 5.08. The van der Waals surface area contributed by atoms with E-state index in [1.807, 2.05) is 13.8 Å². The van der Waals surface area contributed by atoms with Crippen LogP contribution in [-0.2, 0) is 9.59 Å². The number of hydrogen-bond acceptors (Lipinski definition) is 3. The third-order valence-corrected chi connectivity index (χ3v) is 3.73. The van der Waals surface area contributed by atoms with Crippen LogP contribution in [0.1, 0.15) is 52.4 Å². The van der Waals surface area contributed by atoms with Crippen LogP contribution >= 0.6 is 0 Å². The molecule has 0 saturated carbocycles. The second kappa shape index (κ2) is 6.18. The molecule has 104 valence electrons. The van der Waals surface area contributed by atoms with Crippen molar-refractivity contribution in [1.29, 1.82) is 0 Å². The Bertz CT molecular complexity index is 319. The lowest BCUT2D eigenvalue weighted by Gasteiger charge is -2.36. The van der Waals surface area contributed by atoms with Gasteiger partial charge in [0, 0.05) is 6.54 Å². The summed E-state index contributed by atoms with van der Waals surface area (Å²) in [5, 5.41) is 9.49. The highest BCUT2D eigenvalue weighted by Crippen LogP contribution is 2.34. The SMILES string of the molecule is CCC[C@H](N)C(=O)N1CCCC1(CCC)C(=O)O. The van der Waals surface area contributed by atoms with Crippen LogP contribution in [0, 0.1) is 0 Å². The normalized spacial score (nSPS) is 25.2. The third kappa shape index (κ3) is 2.66. The van der Waals surface area contributed by atoms with Crippen molar-refractivity contribution in [2.45, 2.75) is 64.0 Å². The highest BCUT2D eigenvalue weighted by atomic mass is 16.4. The summed E-state index contributed by atoms with van der Waals surface area (Å²) in [5.74, 6) is -1.09. The molecule has 1 aliphatic rings. The van der Waals surface area contributed by atoms with Crippen molar-refractivity contribution < 1.29 is 14.7 Å². The maximum absolute atomic E-state index is 12.3. The molecule has 0 bridgehead atoms. The first-order chi connectivity index (χ1) is 8.49. The quantitative estimate of drug-likeness (QED) is 0.751. The first-order valence-corrected chi connectivity index (χ1v) is 6.80. The summed E-state index contributed by atoms with van der Waals surface area (Å²) >= 11 is 0. The largest absolute Gasteiger partial charge is 0.479 e. The summed E-state index contributed by atoms with van der Waals surface area (Å²) in [7, 11) is 0. The standard InChI is InChI=1S/C13H24N2O3/c1-3-6-10(14)11(16)15-9-5-8-13(15,7-4-2)12(17)18/h10H,3-9,14H2,1-2H3,(H,17,18)/t10-,13?/m0/s1. The Hall–Kier alpha value is -1.10. The van der Waals surface area contributed by atoms with Crippen LogP contribution in [0.4, 0.5) is 0 Å². The third-order valence-electron chi connectivity index (χ3n) is 3.73. The van der Waals surface area contributed by atoms with Gasteiger partial charge in [0.2, 0.25) is 5.91 Å². The molecule has 2 atom stereocenters. The Morgan fingerprint density at radius 3 is 2.56 bits per heavy atom. The van der Waals surface area contributed by atoms with E-state index in [1.165, 1.54) is 4.90 Å². The van der Waals surface area contributed by atoms with E-state index in [4.69, 9.17) is 5.73 Å². The van der Waals surface area contributed by atoms with E-state index in [2.05, 4.69) is 0 Å². The Labute approximate surface area is 108 Å². The molecule has 1 amide bonds. The molecule has 0 aromatic heterocycles. The molecule has 1 fully saturated rings. The Balaban J connectivity index is 2.91. The van der Waals surface area contributed by atoms with Gasteiger partial charge in [-0.25, -0.2) is 4.79 Å². The van der Waals surface area contributed by atoms with Gasteiger partial charge in [-0.05, 0) is 25.7 Å². The van der Waals surface area contributed by atoms with Gasteiger partial charge in [-0.15, -0.1) is 0 Å². The number of carbonyl (C=O) groups excluding carboxylic acids is 1. The van der Waals surface area contributed by atoms with E-state index < -0.39 is 17.6 Å². The molecule has 18 heavy (non-hydrogen) atoms. The Morgan fingerprint density at radius 2 is 2.06 bits per heavy atom. The van der Waals surface area contributed by atoms with Gasteiger partial charge >= 0.3 is 5.97 Å². The van der Waals surface area contributed by atoms with Crippen LogP contribution in [0.15, 0.2) is 0 Å². The van der Waals surface area contributed by atoms with Crippen LogP contribution in [-0.4, -0.2) is 40.0 Å². The summed E-state index contributed by atoms with van der Waals surface area (Å²) in [6.07, 6.45) is 3.98. The fraction of sp³-hybridized carbons (Fsp3) is 0.846. The number of rotatable bonds is 6. The highest BCUT2D eigenvalue weighted by Gasteiger charge is 2.49. The van der Waals surface area contributed by atoms with Gasteiger partial charge in [-0.1, -0.05) is 26.7 Å². The van der Waals surface area contributed by atoms with E-state index in [0.717, 1.165) is 19.3 Å². The summed E-state index contributed by atoms with van der Waals surface area (Å²) in [4.78, 5) is 25.4. The van der Waals surface area contributed by atoms with E-state index in [1.54, 1.807) is 0 Å². The first kappa shape index (κ1) is 15.0. The lowest BCUT2D eigenvalue weighted by molar-refractivity contribution is -0.157. The van der Waals surface area contributed by atoms with Crippen LogP contribution in [0.2, 0.25) is 0 Å². The van der Waals surface area contributed by atoms with Crippen molar-refractivity contribution in [3.63, 3.8) is 0 Å². The zero-order valence-electron chi connectivity index (χ0n) is 11.3. The van der Waals surface area contributed by atoms with Gasteiger partial charge in [0.15, 0.2) is 0 Å². The minimum atomic E-state index is -1.02. The van der Waals surface area contributed by atoms with Gasteiger partial charge in [-0.3, -0.25) is 4.79 Å². The van der Waals surface area contributed by atoms with Crippen molar-refractivity contribution >= 4 is 11.9 Å². The number of hydrogen-bond donors (Lipinski definition) is 2. The average Bonchev–Trinajstić information content (AvgIpc) is 2.74. The second-order valence-corrected chi connectivity index (χ2v) is 5.08. The van der Waals surface area contributed by atoms with Crippen LogP contribution in [0.3, 0.4) is 0 Å². The van der Waals surface area contributed by atoms with Gasteiger partial charge in [-0.2, -0.15) is 0 Å². The maximum Gasteiger partial charge on any atom is 0.329 e. The molecular formula is C13H24N2O3. The molecule has 0 aliphatic carbocycles. The molecule has 1 rings (SSSR count). The van der Waals surface area contributed by atoms with Crippen molar-refractivity contribution in [2.24, 2.45) is 5.73 Å². The molecule has 3 N–H and O–H groups in total. The predicted molar refractivity (Wildman–Crippen MR) is 69.1 cm³/mol. The van der Waals surface area contributed by atoms with E-state index in [0.29, 0.717) is 25.8 Å². The van der Waals surface area contributed by atoms with Gasteiger partial charge in [0.25, 0.3) is 0 Å². The topological polar surface area (TPSA) is 83.6 Å². The monoisotopic (exact) mass is 256 g/mol. The molecule has 1 unspecified atom stereocenters. The molecule has 1 saturated heterocycles. The van der Waals surface area contributed by atoms with Crippen molar-refractivity contribution in [1.82, 2.24) is 4.90 Å². The van der Waals surface area contributed by atoms with Crippen LogP contribution in [0.25, 0.3) is 0 Å². The first-order valence-electron chi connectivity index (χ1n) is 6.80. The molecule has 0 spiro atoms. The minimum Gasteiger partial charge on any atom is -0.479 e. The molecule has 5 nitrogen and oxygen atoms in total. The molecule has 0 radical (unpaired) electrons. The van der Waals surface area contributed by atoms with Crippen molar-refractivity contribution in [3.05, 3.63) is 0 Å².